The Morgan fingerprint density at radius 2 is 2.05 bits per heavy atom. The highest BCUT2D eigenvalue weighted by Gasteiger charge is 2.30. The summed E-state index contributed by atoms with van der Waals surface area (Å²) in [6.45, 7) is 2.23. The van der Waals surface area contributed by atoms with E-state index in [1.165, 1.54) is 0 Å². The Labute approximate surface area is 110 Å². The number of halogens is 2. The molecule has 1 aromatic carbocycles. The fraction of sp³-hybridized carbons (Fsp3) is 0.500. The Morgan fingerprint density at radius 1 is 1.42 bits per heavy atom. The van der Waals surface area contributed by atoms with Crippen molar-refractivity contribution in [1.82, 2.24) is 4.90 Å². The number of aliphatic hydroxyl groups excluding tert-OH is 1. The lowest BCUT2D eigenvalue weighted by molar-refractivity contribution is 0.0681. The minimum absolute atomic E-state index is 0.0231. The van der Waals surface area contributed by atoms with E-state index in [2.05, 4.69) is 0 Å². The summed E-state index contributed by atoms with van der Waals surface area (Å²) in [7, 11) is 0. The first-order valence-corrected chi connectivity index (χ1v) is 6.42. The summed E-state index contributed by atoms with van der Waals surface area (Å²) < 4.78 is 26.3. The minimum atomic E-state index is -0.755. The molecule has 2 unspecified atom stereocenters. The van der Waals surface area contributed by atoms with Gasteiger partial charge in [-0.05, 0) is 38.3 Å². The summed E-state index contributed by atoms with van der Waals surface area (Å²) in [6, 6.07) is 2.78. The smallest absolute Gasteiger partial charge is 0.254 e. The van der Waals surface area contributed by atoms with E-state index < -0.39 is 17.7 Å². The van der Waals surface area contributed by atoms with Gasteiger partial charge >= 0.3 is 0 Å². The summed E-state index contributed by atoms with van der Waals surface area (Å²) >= 11 is 0. The minimum Gasteiger partial charge on any atom is -0.393 e. The molecule has 1 N–H and O–H groups in total. The van der Waals surface area contributed by atoms with Gasteiger partial charge in [0.2, 0.25) is 0 Å². The van der Waals surface area contributed by atoms with Gasteiger partial charge in [-0.25, -0.2) is 8.78 Å². The van der Waals surface area contributed by atoms with Crippen molar-refractivity contribution in [1.29, 1.82) is 0 Å². The number of amides is 1. The number of benzene rings is 1. The molecule has 0 radical (unpaired) electrons. The predicted octanol–water partition coefficient (Wildman–Crippen LogP) is 2.34. The van der Waals surface area contributed by atoms with Crippen LogP contribution in [0.25, 0.3) is 0 Å². The Bertz CT molecular complexity index is 456. The maximum Gasteiger partial charge on any atom is 0.254 e. The average molecular weight is 269 g/mol. The van der Waals surface area contributed by atoms with Crippen molar-refractivity contribution < 1.29 is 18.7 Å². The lowest BCUT2D eigenvalue weighted by atomic mass is 10.1. The van der Waals surface area contributed by atoms with Crippen molar-refractivity contribution in [3.05, 3.63) is 35.4 Å². The van der Waals surface area contributed by atoms with Gasteiger partial charge in [0, 0.05) is 24.2 Å². The van der Waals surface area contributed by atoms with Gasteiger partial charge in [-0.2, -0.15) is 0 Å². The van der Waals surface area contributed by atoms with Crippen LogP contribution in [-0.4, -0.2) is 34.6 Å². The van der Waals surface area contributed by atoms with Gasteiger partial charge in [-0.15, -0.1) is 0 Å². The molecule has 1 aromatic rings. The van der Waals surface area contributed by atoms with Gasteiger partial charge in [0.1, 0.15) is 11.6 Å². The number of carbonyl (C=O) groups is 1. The monoisotopic (exact) mass is 269 g/mol. The second-order valence-corrected chi connectivity index (χ2v) is 5.04. The Balaban J connectivity index is 2.18. The van der Waals surface area contributed by atoms with E-state index in [-0.39, 0.29) is 17.5 Å². The van der Waals surface area contributed by atoms with Crippen molar-refractivity contribution in [3.8, 4) is 0 Å². The predicted molar refractivity (Wildman–Crippen MR) is 66.7 cm³/mol. The quantitative estimate of drug-likeness (QED) is 0.915. The SMILES string of the molecule is CC(O)CC1CCCN1C(=O)c1cc(F)cc(F)c1. The third-order valence-electron chi connectivity index (χ3n) is 3.36. The molecule has 5 heteroatoms. The maximum atomic E-state index is 13.1. The van der Waals surface area contributed by atoms with Crippen LogP contribution in [0.1, 0.15) is 36.5 Å². The zero-order valence-corrected chi connectivity index (χ0v) is 10.8. The van der Waals surface area contributed by atoms with Crippen LogP contribution in [-0.2, 0) is 0 Å². The van der Waals surface area contributed by atoms with E-state index in [1.807, 2.05) is 0 Å². The summed E-state index contributed by atoms with van der Waals surface area (Å²) in [5.41, 5.74) is 0.0231. The molecule has 0 spiro atoms. The van der Waals surface area contributed by atoms with Crippen LogP contribution in [0.2, 0.25) is 0 Å². The van der Waals surface area contributed by atoms with Gasteiger partial charge in [0.05, 0.1) is 6.10 Å². The summed E-state index contributed by atoms with van der Waals surface area (Å²) in [4.78, 5) is 13.9. The van der Waals surface area contributed by atoms with Crippen LogP contribution in [0.15, 0.2) is 18.2 Å². The number of rotatable bonds is 3. The van der Waals surface area contributed by atoms with Crippen molar-refractivity contribution in [3.63, 3.8) is 0 Å². The fourth-order valence-electron chi connectivity index (χ4n) is 2.59. The van der Waals surface area contributed by atoms with E-state index in [4.69, 9.17) is 0 Å². The number of hydrogen-bond acceptors (Lipinski definition) is 2. The third-order valence-corrected chi connectivity index (χ3v) is 3.36. The Morgan fingerprint density at radius 3 is 2.63 bits per heavy atom. The Hall–Kier alpha value is -1.49. The summed E-state index contributed by atoms with van der Waals surface area (Å²) in [6.07, 6.45) is 1.65. The van der Waals surface area contributed by atoms with Gasteiger partial charge in [-0.1, -0.05) is 0 Å². The molecule has 1 fully saturated rings. The highest BCUT2D eigenvalue weighted by Crippen LogP contribution is 2.24. The van der Waals surface area contributed by atoms with E-state index in [0.717, 1.165) is 31.0 Å². The molecule has 1 saturated heterocycles. The molecule has 1 aliphatic rings. The molecule has 2 atom stereocenters. The molecular weight excluding hydrogens is 252 g/mol. The lowest BCUT2D eigenvalue weighted by Crippen LogP contribution is -2.37. The molecule has 0 bridgehead atoms. The second-order valence-electron chi connectivity index (χ2n) is 5.04. The van der Waals surface area contributed by atoms with Crippen molar-refractivity contribution in [2.45, 2.75) is 38.3 Å². The molecule has 1 heterocycles. The number of likely N-dealkylation sites (tertiary alicyclic amines) is 1. The highest BCUT2D eigenvalue weighted by molar-refractivity contribution is 5.94. The molecule has 0 aromatic heterocycles. The van der Waals surface area contributed by atoms with Crippen LogP contribution in [0.5, 0.6) is 0 Å². The molecular formula is C14H17F2NO2. The number of aliphatic hydroxyl groups is 1. The number of nitrogens with zero attached hydrogens (tertiary/aromatic N) is 1. The Kier molecular flexibility index (Phi) is 4.14. The molecule has 2 rings (SSSR count). The topological polar surface area (TPSA) is 40.5 Å². The van der Waals surface area contributed by atoms with Gasteiger partial charge < -0.3 is 10.0 Å². The first kappa shape index (κ1) is 13.9. The van der Waals surface area contributed by atoms with Crippen LogP contribution < -0.4 is 0 Å². The van der Waals surface area contributed by atoms with Crippen LogP contribution in [0.3, 0.4) is 0 Å². The lowest BCUT2D eigenvalue weighted by Gasteiger charge is -2.25. The van der Waals surface area contributed by atoms with Gasteiger partial charge in [-0.3, -0.25) is 4.79 Å². The van der Waals surface area contributed by atoms with Crippen LogP contribution in [0.4, 0.5) is 8.78 Å². The van der Waals surface area contributed by atoms with Crippen molar-refractivity contribution >= 4 is 5.91 Å². The molecule has 19 heavy (non-hydrogen) atoms. The van der Waals surface area contributed by atoms with Gasteiger partial charge in [0.25, 0.3) is 5.91 Å². The summed E-state index contributed by atoms with van der Waals surface area (Å²) in [5.74, 6) is -1.88. The van der Waals surface area contributed by atoms with E-state index >= 15 is 0 Å². The first-order valence-electron chi connectivity index (χ1n) is 6.42. The standard InChI is InChI=1S/C14H17F2NO2/c1-9(18)5-13-3-2-4-17(13)14(19)10-6-11(15)8-12(16)7-10/h6-9,13,18H,2-5H2,1H3. The fourth-order valence-corrected chi connectivity index (χ4v) is 2.59. The van der Waals surface area contributed by atoms with E-state index in [1.54, 1.807) is 11.8 Å². The molecule has 0 saturated carbocycles. The second kappa shape index (κ2) is 5.65. The van der Waals surface area contributed by atoms with Crippen molar-refractivity contribution in [2.75, 3.05) is 6.54 Å². The molecule has 0 aliphatic carbocycles. The maximum absolute atomic E-state index is 13.1. The average Bonchev–Trinajstić information content (AvgIpc) is 2.73. The van der Waals surface area contributed by atoms with E-state index in [0.29, 0.717) is 13.0 Å². The van der Waals surface area contributed by atoms with E-state index in [9.17, 15) is 18.7 Å². The van der Waals surface area contributed by atoms with Gasteiger partial charge in [0.15, 0.2) is 0 Å². The number of hydrogen-bond donors (Lipinski definition) is 1. The number of carbonyl (C=O) groups excluding carboxylic acids is 1. The van der Waals surface area contributed by atoms with Crippen LogP contribution >= 0.6 is 0 Å². The van der Waals surface area contributed by atoms with Crippen molar-refractivity contribution in [2.24, 2.45) is 0 Å². The third kappa shape index (κ3) is 3.29. The normalized spacial score (nSPS) is 20.6. The molecule has 104 valence electrons. The first-order chi connectivity index (χ1) is 8.97. The largest absolute Gasteiger partial charge is 0.393 e. The van der Waals surface area contributed by atoms with Crippen LogP contribution in [0, 0.1) is 11.6 Å². The zero-order chi connectivity index (χ0) is 14.0. The zero-order valence-electron chi connectivity index (χ0n) is 10.8. The molecule has 3 nitrogen and oxygen atoms in total. The highest BCUT2D eigenvalue weighted by atomic mass is 19.1. The molecule has 1 amide bonds. The molecule has 1 aliphatic heterocycles. The summed E-state index contributed by atoms with van der Waals surface area (Å²) in [5, 5.41) is 9.41.